The third-order valence-electron chi connectivity index (χ3n) is 2.28. The number of hydrogen-bond acceptors (Lipinski definition) is 3. The summed E-state index contributed by atoms with van der Waals surface area (Å²) < 4.78 is 0. The summed E-state index contributed by atoms with van der Waals surface area (Å²) in [4.78, 5) is 10.6. The van der Waals surface area contributed by atoms with Crippen molar-refractivity contribution in [3.8, 4) is 0 Å². The molecule has 0 bridgehead atoms. The summed E-state index contributed by atoms with van der Waals surface area (Å²) >= 11 is 0. The molecule has 1 rings (SSSR count). The Bertz CT molecular complexity index is 167. The molecule has 1 fully saturated rings. The van der Waals surface area contributed by atoms with Gasteiger partial charge in [-0.05, 0) is 19.8 Å². The highest BCUT2D eigenvalue weighted by Crippen LogP contribution is 2.37. The van der Waals surface area contributed by atoms with Gasteiger partial charge >= 0.3 is 5.97 Å². The number of aliphatic hydroxyl groups is 2. The molecule has 0 heterocycles. The fourth-order valence-corrected chi connectivity index (χ4v) is 1.45. The Morgan fingerprint density at radius 2 is 1.73 bits per heavy atom. The molecule has 11 heavy (non-hydrogen) atoms. The summed E-state index contributed by atoms with van der Waals surface area (Å²) in [5, 5.41) is 26.8. The second-order valence-corrected chi connectivity index (χ2v) is 3.41. The molecule has 1 saturated carbocycles. The molecule has 0 aromatic carbocycles. The van der Waals surface area contributed by atoms with Crippen molar-refractivity contribution in [1.82, 2.24) is 0 Å². The highest BCUT2D eigenvalue weighted by atomic mass is 16.4. The number of rotatable bonds is 1. The van der Waals surface area contributed by atoms with Crippen LogP contribution >= 0.6 is 0 Å². The van der Waals surface area contributed by atoms with E-state index in [1.165, 1.54) is 6.92 Å². The second kappa shape index (κ2) is 2.46. The first-order valence-electron chi connectivity index (χ1n) is 3.55. The third kappa shape index (κ3) is 1.36. The standard InChI is InChI=1S/C7H12O4/c1-7(6(10)11)2-4(8)5(9)3-7/h4-5,8-9H,2-3H2,1H3,(H,10,11)/t4-,5-/m1/s1. The Morgan fingerprint density at radius 3 is 1.91 bits per heavy atom. The lowest BCUT2D eigenvalue weighted by atomic mass is 9.89. The molecular weight excluding hydrogens is 148 g/mol. The van der Waals surface area contributed by atoms with Crippen molar-refractivity contribution in [3.63, 3.8) is 0 Å². The molecule has 1 aliphatic rings. The van der Waals surface area contributed by atoms with Crippen LogP contribution in [0.4, 0.5) is 0 Å². The summed E-state index contributed by atoms with van der Waals surface area (Å²) in [7, 11) is 0. The minimum Gasteiger partial charge on any atom is -0.481 e. The van der Waals surface area contributed by atoms with Crippen LogP contribution in [0.3, 0.4) is 0 Å². The summed E-state index contributed by atoms with van der Waals surface area (Å²) in [6, 6.07) is 0. The number of hydrogen-bond donors (Lipinski definition) is 3. The van der Waals surface area contributed by atoms with Gasteiger partial charge in [0.2, 0.25) is 0 Å². The van der Waals surface area contributed by atoms with Gasteiger partial charge in [-0.15, -0.1) is 0 Å². The molecule has 0 aliphatic heterocycles. The summed E-state index contributed by atoms with van der Waals surface area (Å²) in [6.07, 6.45) is -1.47. The van der Waals surface area contributed by atoms with Gasteiger partial charge in [-0.2, -0.15) is 0 Å². The first-order chi connectivity index (χ1) is 4.96. The maximum atomic E-state index is 10.6. The van der Waals surface area contributed by atoms with E-state index in [2.05, 4.69) is 0 Å². The SMILES string of the molecule is CC1(C(=O)O)C[C@@H](O)[C@H](O)C1. The van der Waals surface area contributed by atoms with Gasteiger partial charge in [0.1, 0.15) is 0 Å². The molecule has 1 aliphatic carbocycles. The van der Waals surface area contributed by atoms with E-state index < -0.39 is 23.6 Å². The largest absolute Gasteiger partial charge is 0.481 e. The van der Waals surface area contributed by atoms with Crippen molar-refractivity contribution in [2.24, 2.45) is 5.41 Å². The lowest BCUT2D eigenvalue weighted by Gasteiger charge is -2.15. The molecule has 0 unspecified atom stereocenters. The third-order valence-corrected chi connectivity index (χ3v) is 2.28. The van der Waals surface area contributed by atoms with Gasteiger partial charge in [0, 0.05) is 0 Å². The molecule has 4 nitrogen and oxygen atoms in total. The Hall–Kier alpha value is -0.610. The molecule has 0 spiro atoms. The lowest BCUT2D eigenvalue weighted by molar-refractivity contribution is -0.148. The van der Waals surface area contributed by atoms with E-state index in [0.29, 0.717) is 0 Å². The van der Waals surface area contributed by atoms with Crippen molar-refractivity contribution >= 4 is 5.97 Å². The average molecular weight is 160 g/mol. The van der Waals surface area contributed by atoms with E-state index in [4.69, 9.17) is 15.3 Å². The fraction of sp³-hybridized carbons (Fsp3) is 0.857. The van der Waals surface area contributed by atoms with Crippen molar-refractivity contribution in [2.75, 3.05) is 0 Å². The zero-order valence-electron chi connectivity index (χ0n) is 6.32. The van der Waals surface area contributed by atoms with Crippen LogP contribution in [0.25, 0.3) is 0 Å². The Balaban J connectivity index is 2.71. The predicted octanol–water partition coefficient (Wildman–Crippen LogP) is -0.407. The molecule has 4 heteroatoms. The minimum absolute atomic E-state index is 0.142. The van der Waals surface area contributed by atoms with Gasteiger partial charge in [0.15, 0.2) is 0 Å². The molecular formula is C7H12O4. The van der Waals surface area contributed by atoms with E-state index in [-0.39, 0.29) is 12.8 Å². The first-order valence-corrected chi connectivity index (χ1v) is 3.55. The highest BCUT2D eigenvalue weighted by Gasteiger charge is 2.45. The van der Waals surface area contributed by atoms with Crippen molar-refractivity contribution in [2.45, 2.75) is 32.0 Å². The smallest absolute Gasteiger partial charge is 0.309 e. The zero-order chi connectivity index (χ0) is 8.65. The predicted molar refractivity (Wildman–Crippen MR) is 37.0 cm³/mol. The maximum Gasteiger partial charge on any atom is 0.309 e. The summed E-state index contributed by atoms with van der Waals surface area (Å²) in [5.74, 6) is -0.951. The molecule has 0 radical (unpaired) electrons. The van der Waals surface area contributed by atoms with E-state index in [1.54, 1.807) is 0 Å². The monoisotopic (exact) mass is 160 g/mol. The second-order valence-electron chi connectivity index (χ2n) is 3.41. The number of aliphatic carboxylic acids is 1. The molecule has 3 N–H and O–H groups in total. The van der Waals surface area contributed by atoms with Crippen LogP contribution in [0.5, 0.6) is 0 Å². The maximum absolute atomic E-state index is 10.6. The number of carboxylic acids is 1. The van der Waals surface area contributed by atoms with Gasteiger partial charge in [0.25, 0.3) is 0 Å². The van der Waals surface area contributed by atoms with Crippen LogP contribution in [0.1, 0.15) is 19.8 Å². The summed E-state index contributed by atoms with van der Waals surface area (Å²) in [6.45, 7) is 1.54. The lowest BCUT2D eigenvalue weighted by Crippen LogP contribution is -2.24. The van der Waals surface area contributed by atoms with Gasteiger partial charge in [-0.25, -0.2) is 0 Å². The molecule has 0 aromatic heterocycles. The minimum atomic E-state index is -0.951. The fourth-order valence-electron chi connectivity index (χ4n) is 1.45. The average Bonchev–Trinajstić information content (AvgIpc) is 2.09. The van der Waals surface area contributed by atoms with Gasteiger partial charge in [-0.1, -0.05) is 0 Å². The Morgan fingerprint density at radius 1 is 1.36 bits per heavy atom. The number of carbonyl (C=O) groups is 1. The Labute approximate surface area is 64.5 Å². The molecule has 0 amide bonds. The normalized spacial score (nSPS) is 35.5. The highest BCUT2D eigenvalue weighted by molar-refractivity contribution is 5.74. The van der Waals surface area contributed by atoms with Crippen LogP contribution in [-0.4, -0.2) is 33.5 Å². The van der Waals surface area contributed by atoms with E-state index in [1.807, 2.05) is 0 Å². The van der Waals surface area contributed by atoms with Crippen molar-refractivity contribution in [1.29, 1.82) is 0 Å². The van der Waals surface area contributed by atoms with E-state index in [0.717, 1.165) is 0 Å². The molecule has 64 valence electrons. The van der Waals surface area contributed by atoms with E-state index >= 15 is 0 Å². The zero-order valence-corrected chi connectivity index (χ0v) is 6.32. The van der Waals surface area contributed by atoms with Crippen molar-refractivity contribution in [3.05, 3.63) is 0 Å². The number of aliphatic hydroxyl groups excluding tert-OH is 2. The topological polar surface area (TPSA) is 77.8 Å². The van der Waals surface area contributed by atoms with Crippen LogP contribution in [-0.2, 0) is 4.79 Å². The molecule has 0 saturated heterocycles. The van der Waals surface area contributed by atoms with Crippen LogP contribution in [0, 0.1) is 5.41 Å². The summed E-state index contributed by atoms with van der Waals surface area (Å²) in [5.41, 5.74) is -0.946. The molecule has 0 aromatic rings. The molecule has 2 atom stereocenters. The van der Waals surface area contributed by atoms with Crippen molar-refractivity contribution < 1.29 is 20.1 Å². The van der Waals surface area contributed by atoms with Crippen LogP contribution in [0.2, 0.25) is 0 Å². The van der Waals surface area contributed by atoms with Crippen LogP contribution in [0.15, 0.2) is 0 Å². The Kier molecular flexibility index (Phi) is 1.90. The quantitative estimate of drug-likeness (QED) is 0.487. The van der Waals surface area contributed by atoms with Gasteiger partial charge in [-0.3, -0.25) is 4.79 Å². The van der Waals surface area contributed by atoms with Crippen LogP contribution < -0.4 is 0 Å². The van der Waals surface area contributed by atoms with Gasteiger partial charge < -0.3 is 15.3 Å². The van der Waals surface area contributed by atoms with Gasteiger partial charge in [0.05, 0.1) is 17.6 Å². The first kappa shape index (κ1) is 8.49. The number of carboxylic acid groups (broad SMARTS) is 1. The van der Waals surface area contributed by atoms with E-state index in [9.17, 15) is 4.79 Å².